The molecule has 3 rings (SSSR count). The van der Waals surface area contributed by atoms with Crippen molar-refractivity contribution in [1.82, 2.24) is 0 Å². The molecule has 1 heterocycles. The summed E-state index contributed by atoms with van der Waals surface area (Å²) in [7, 11) is -3.61. The van der Waals surface area contributed by atoms with E-state index < -0.39 is 20.5 Å². The Balaban J connectivity index is 2.29. The number of amides is 1. The maximum atomic E-state index is 12.5. The van der Waals surface area contributed by atoms with Gasteiger partial charge in [0.2, 0.25) is 5.91 Å². The van der Waals surface area contributed by atoms with Gasteiger partial charge < -0.3 is 5.32 Å². The van der Waals surface area contributed by atoms with Crippen LogP contribution in [-0.4, -0.2) is 19.1 Å². The van der Waals surface area contributed by atoms with Gasteiger partial charge in [0, 0.05) is 5.02 Å². The van der Waals surface area contributed by atoms with Gasteiger partial charge in [0.25, 0.3) is 0 Å². The number of halogens is 1. The van der Waals surface area contributed by atoms with Crippen LogP contribution in [0.1, 0.15) is 19.3 Å². The molecule has 0 bridgehead atoms. The standard InChI is InChI=1S/C11H10ClNO3S/c12-7-2-3-8-9(6-7)17(15,16)11(4-1-5-11)10(14)13-8/h2-3,6H,1,4-5H2,(H,13,14). The molecule has 1 aliphatic carbocycles. The van der Waals surface area contributed by atoms with E-state index in [4.69, 9.17) is 11.6 Å². The van der Waals surface area contributed by atoms with Crippen LogP contribution in [0, 0.1) is 0 Å². The van der Waals surface area contributed by atoms with Gasteiger partial charge in [-0.2, -0.15) is 0 Å². The second-order valence-electron chi connectivity index (χ2n) is 4.45. The number of sulfone groups is 1. The molecule has 17 heavy (non-hydrogen) atoms. The highest BCUT2D eigenvalue weighted by Crippen LogP contribution is 2.48. The van der Waals surface area contributed by atoms with Gasteiger partial charge in [-0.1, -0.05) is 11.6 Å². The molecule has 1 fully saturated rings. The highest BCUT2D eigenvalue weighted by Gasteiger charge is 2.58. The first kappa shape index (κ1) is 11.0. The minimum absolute atomic E-state index is 0.143. The molecule has 6 heteroatoms. The molecule has 0 aromatic heterocycles. The van der Waals surface area contributed by atoms with Gasteiger partial charge in [0.15, 0.2) is 14.6 Å². The number of hydrogen-bond donors (Lipinski definition) is 1. The fourth-order valence-electron chi connectivity index (χ4n) is 2.38. The van der Waals surface area contributed by atoms with E-state index in [0.717, 1.165) is 6.42 Å². The molecule has 0 atom stereocenters. The van der Waals surface area contributed by atoms with E-state index in [1.807, 2.05) is 0 Å². The lowest BCUT2D eigenvalue weighted by Crippen LogP contribution is -2.57. The summed E-state index contributed by atoms with van der Waals surface area (Å²) >= 11 is 5.82. The minimum atomic E-state index is -3.61. The average Bonchev–Trinajstić information content (AvgIpc) is 2.17. The molecule has 1 saturated carbocycles. The Hall–Kier alpha value is -1.07. The largest absolute Gasteiger partial charge is 0.324 e. The Kier molecular flexibility index (Phi) is 2.10. The zero-order chi connectivity index (χ0) is 12.3. The van der Waals surface area contributed by atoms with Crippen molar-refractivity contribution in [2.24, 2.45) is 0 Å². The minimum Gasteiger partial charge on any atom is -0.324 e. The third kappa shape index (κ3) is 1.24. The molecule has 0 radical (unpaired) electrons. The van der Waals surface area contributed by atoms with Crippen molar-refractivity contribution >= 4 is 33.0 Å². The normalized spacial score (nSPS) is 23.7. The van der Waals surface area contributed by atoms with E-state index in [9.17, 15) is 13.2 Å². The number of rotatable bonds is 0. The maximum absolute atomic E-state index is 12.5. The van der Waals surface area contributed by atoms with Crippen molar-refractivity contribution in [3.63, 3.8) is 0 Å². The van der Waals surface area contributed by atoms with Crippen molar-refractivity contribution < 1.29 is 13.2 Å². The third-order valence-electron chi connectivity index (χ3n) is 3.57. The summed E-state index contributed by atoms with van der Waals surface area (Å²) in [5.74, 6) is -0.404. The molecule has 1 N–H and O–H groups in total. The lowest BCUT2D eigenvalue weighted by Gasteiger charge is -2.42. The monoisotopic (exact) mass is 271 g/mol. The Morgan fingerprint density at radius 3 is 2.59 bits per heavy atom. The number of nitrogens with one attached hydrogen (secondary N) is 1. The Bertz CT molecular complexity index is 620. The number of carbonyl (C=O) groups excluding carboxylic acids is 1. The zero-order valence-electron chi connectivity index (χ0n) is 8.86. The number of benzene rings is 1. The first-order valence-electron chi connectivity index (χ1n) is 5.33. The topological polar surface area (TPSA) is 63.2 Å². The number of anilines is 1. The molecule has 2 aliphatic rings. The van der Waals surface area contributed by atoms with E-state index in [1.165, 1.54) is 12.1 Å². The molecular weight excluding hydrogens is 262 g/mol. The molecule has 4 nitrogen and oxygen atoms in total. The molecule has 1 aromatic rings. The second-order valence-corrected chi connectivity index (χ2v) is 7.11. The van der Waals surface area contributed by atoms with Gasteiger partial charge in [-0.3, -0.25) is 4.79 Å². The smallest absolute Gasteiger partial charge is 0.246 e. The highest BCUT2D eigenvalue weighted by molar-refractivity contribution is 7.94. The first-order valence-corrected chi connectivity index (χ1v) is 7.19. The Morgan fingerprint density at radius 2 is 2.00 bits per heavy atom. The SMILES string of the molecule is O=C1Nc2ccc(Cl)cc2S(=O)(=O)C12CCC2. The quantitative estimate of drug-likeness (QED) is 0.785. The number of hydrogen-bond acceptors (Lipinski definition) is 3. The average molecular weight is 272 g/mol. The van der Waals surface area contributed by atoms with Gasteiger partial charge in [0.05, 0.1) is 10.6 Å². The van der Waals surface area contributed by atoms with Crippen molar-refractivity contribution in [3.05, 3.63) is 23.2 Å². The van der Waals surface area contributed by atoms with Gasteiger partial charge >= 0.3 is 0 Å². The highest BCUT2D eigenvalue weighted by atomic mass is 35.5. The fourth-order valence-corrected chi connectivity index (χ4v) is 4.85. The lowest BCUT2D eigenvalue weighted by atomic mass is 9.83. The number of carbonyl (C=O) groups is 1. The fraction of sp³-hybridized carbons (Fsp3) is 0.364. The maximum Gasteiger partial charge on any atom is 0.246 e. The predicted octanol–water partition coefficient (Wildman–Crippen LogP) is 1.99. The summed E-state index contributed by atoms with van der Waals surface area (Å²) in [5, 5.41) is 3.02. The summed E-state index contributed by atoms with van der Waals surface area (Å²) in [5.41, 5.74) is 0.330. The molecule has 1 spiro atoms. The summed E-state index contributed by atoms with van der Waals surface area (Å²) < 4.78 is 23.7. The van der Waals surface area contributed by atoms with Crippen LogP contribution in [0.5, 0.6) is 0 Å². The molecule has 0 saturated heterocycles. The van der Waals surface area contributed by atoms with Crippen molar-refractivity contribution in [1.29, 1.82) is 0 Å². The van der Waals surface area contributed by atoms with Gasteiger partial charge in [-0.15, -0.1) is 0 Å². The van der Waals surface area contributed by atoms with Crippen LogP contribution in [0.15, 0.2) is 23.1 Å². The second kappa shape index (κ2) is 3.23. The Labute approximate surface area is 104 Å². The van der Waals surface area contributed by atoms with Crippen LogP contribution in [0.4, 0.5) is 5.69 Å². The van der Waals surface area contributed by atoms with Crippen molar-refractivity contribution in [2.45, 2.75) is 28.9 Å². The van der Waals surface area contributed by atoms with E-state index in [-0.39, 0.29) is 4.90 Å². The molecular formula is C11H10ClNO3S. The van der Waals surface area contributed by atoms with E-state index in [1.54, 1.807) is 6.07 Å². The van der Waals surface area contributed by atoms with Crippen LogP contribution >= 0.6 is 11.6 Å². The molecule has 1 aliphatic heterocycles. The Morgan fingerprint density at radius 1 is 1.29 bits per heavy atom. The predicted molar refractivity (Wildman–Crippen MR) is 63.8 cm³/mol. The van der Waals surface area contributed by atoms with Crippen LogP contribution in [0.2, 0.25) is 5.02 Å². The molecule has 1 amide bonds. The lowest BCUT2D eigenvalue weighted by molar-refractivity contribution is -0.120. The summed E-state index contributed by atoms with van der Waals surface area (Å²) in [6.45, 7) is 0. The number of fused-ring (bicyclic) bond motifs is 1. The van der Waals surface area contributed by atoms with E-state index >= 15 is 0 Å². The summed E-state index contributed by atoms with van der Waals surface area (Å²) in [4.78, 5) is 12.1. The van der Waals surface area contributed by atoms with Gasteiger partial charge in [-0.05, 0) is 37.5 Å². The van der Waals surface area contributed by atoms with Crippen LogP contribution in [0.3, 0.4) is 0 Å². The molecule has 90 valence electrons. The van der Waals surface area contributed by atoms with Gasteiger partial charge in [0.1, 0.15) is 0 Å². The summed E-state index contributed by atoms with van der Waals surface area (Å²) in [6, 6.07) is 4.50. The van der Waals surface area contributed by atoms with Crippen LogP contribution in [-0.2, 0) is 14.6 Å². The first-order chi connectivity index (χ1) is 7.97. The van der Waals surface area contributed by atoms with Crippen molar-refractivity contribution in [2.75, 3.05) is 5.32 Å². The molecule has 0 unspecified atom stereocenters. The third-order valence-corrected chi connectivity index (χ3v) is 6.35. The zero-order valence-corrected chi connectivity index (χ0v) is 10.4. The van der Waals surface area contributed by atoms with Crippen LogP contribution < -0.4 is 5.32 Å². The van der Waals surface area contributed by atoms with Crippen molar-refractivity contribution in [3.8, 4) is 0 Å². The van der Waals surface area contributed by atoms with Gasteiger partial charge in [-0.25, -0.2) is 8.42 Å². The summed E-state index contributed by atoms with van der Waals surface area (Å²) in [6.07, 6.45) is 1.56. The van der Waals surface area contributed by atoms with E-state index in [0.29, 0.717) is 23.6 Å². The van der Waals surface area contributed by atoms with Crippen LogP contribution in [0.25, 0.3) is 0 Å². The molecule has 1 aromatic carbocycles. The van der Waals surface area contributed by atoms with E-state index in [2.05, 4.69) is 5.32 Å².